The predicted molar refractivity (Wildman–Crippen MR) is 84.5 cm³/mol. The molecule has 0 spiro atoms. The number of carbonyl (C=O) groups excluding carboxylic acids is 1. The van der Waals surface area contributed by atoms with Crippen molar-refractivity contribution in [3.05, 3.63) is 65.7 Å². The second-order valence-electron chi connectivity index (χ2n) is 4.90. The number of benzene rings is 2. The summed E-state index contributed by atoms with van der Waals surface area (Å²) in [6.07, 6.45) is 0. The van der Waals surface area contributed by atoms with Gasteiger partial charge in [-0.25, -0.2) is 4.79 Å². The number of hydrogen-bond acceptors (Lipinski definition) is 2. The van der Waals surface area contributed by atoms with Gasteiger partial charge in [-0.2, -0.15) is 0 Å². The minimum Gasteiger partial charge on any atom is -0.491 e. The van der Waals surface area contributed by atoms with Crippen molar-refractivity contribution >= 4 is 6.03 Å². The monoisotopic (exact) mass is 292 g/mol. The third-order valence-corrected chi connectivity index (χ3v) is 3.35. The summed E-state index contributed by atoms with van der Waals surface area (Å²) >= 11 is 0. The smallest absolute Gasteiger partial charge is 0.316 e. The zero-order valence-electron chi connectivity index (χ0n) is 12.0. The van der Waals surface area contributed by atoms with Crippen LogP contribution in [0.3, 0.4) is 0 Å². The van der Waals surface area contributed by atoms with E-state index in [-0.39, 0.29) is 12.1 Å². The molecule has 0 saturated carbocycles. The number of fused-ring (bicyclic) bond motifs is 1. The fraction of sp³-hybridized carbons (Fsp3) is 0.167. The number of para-hydroxylation sites is 1. The summed E-state index contributed by atoms with van der Waals surface area (Å²) in [5.74, 6) is 6.75. The molecule has 1 aliphatic rings. The van der Waals surface area contributed by atoms with Gasteiger partial charge in [0.15, 0.2) is 0 Å². The maximum Gasteiger partial charge on any atom is 0.316 e. The van der Waals surface area contributed by atoms with Crippen LogP contribution < -0.4 is 15.4 Å². The van der Waals surface area contributed by atoms with E-state index in [1.807, 2.05) is 54.6 Å². The van der Waals surface area contributed by atoms with E-state index < -0.39 is 0 Å². The van der Waals surface area contributed by atoms with Crippen LogP contribution in [-0.4, -0.2) is 19.2 Å². The average Bonchev–Trinajstić information content (AvgIpc) is 2.96. The van der Waals surface area contributed by atoms with E-state index in [2.05, 4.69) is 22.5 Å². The molecule has 0 fully saturated rings. The van der Waals surface area contributed by atoms with E-state index in [0.717, 1.165) is 16.9 Å². The van der Waals surface area contributed by atoms with Crippen LogP contribution in [0.1, 0.15) is 17.2 Å². The van der Waals surface area contributed by atoms with Crippen molar-refractivity contribution in [2.45, 2.75) is 6.04 Å². The van der Waals surface area contributed by atoms with Crippen LogP contribution in [0.2, 0.25) is 0 Å². The van der Waals surface area contributed by atoms with Gasteiger partial charge in [-0.05, 0) is 18.2 Å². The Labute approximate surface area is 129 Å². The van der Waals surface area contributed by atoms with Crippen LogP contribution in [0.4, 0.5) is 4.79 Å². The molecule has 0 bridgehead atoms. The SMILES string of the molecule is O=C(NCC#Cc1ccccc1)NC1COc2ccccc21. The lowest BCUT2D eigenvalue weighted by Crippen LogP contribution is -2.38. The molecule has 0 saturated heterocycles. The van der Waals surface area contributed by atoms with Crippen LogP contribution in [0.5, 0.6) is 5.75 Å². The minimum absolute atomic E-state index is 0.113. The zero-order chi connectivity index (χ0) is 15.2. The summed E-state index contributed by atoms with van der Waals surface area (Å²) < 4.78 is 5.52. The van der Waals surface area contributed by atoms with Gasteiger partial charge in [-0.15, -0.1) is 0 Å². The van der Waals surface area contributed by atoms with Crippen molar-refractivity contribution in [3.63, 3.8) is 0 Å². The van der Waals surface area contributed by atoms with Gasteiger partial charge in [-0.1, -0.05) is 48.2 Å². The summed E-state index contributed by atoms with van der Waals surface area (Å²) in [5.41, 5.74) is 1.94. The van der Waals surface area contributed by atoms with Gasteiger partial charge in [0.1, 0.15) is 12.4 Å². The Balaban J connectivity index is 1.49. The van der Waals surface area contributed by atoms with E-state index >= 15 is 0 Å². The Hall–Kier alpha value is -2.93. The largest absolute Gasteiger partial charge is 0.491 e. The van der Waals surface area contributed by atoms with Crippen LogP contribution in [0.25, 0.3) is 0 Å². The lowest BCUT2D eigenvalue weighted by atomic mass is 10.1. The predicted octanol–water partition coefficient (Wildman–Crippen LogP) is 2.47. The Bertz CT molecular complexity index is 717. The molecule has 4 heteroatoms. The third kappa shape index (κ3) is 3.39. The lowest BCUT2D eigenvalue weighted by molar-refractivity contribution is 0.233. The molecule has 2 amide bonds. The van der Waals surface area contributed by atoms with Crippen molar-refractivity contribution < 1.29 is 9.53 Å². The van der Waals surface area contributed by atoms with E-state index in [1.54, 1.807) is 0 Å². The van der Waals surface area contributed by atoms with E-state index in [0.29, 0.717) is 13.2 Å². The standard InChI is InChI=1S/C18H16N2O2/c21-18(19-12-6-9-14-7-2-1-3-8-14)20-16-13-22-17-11-5-4-10-15(16)17/h1-5,7-8,10-11,16H,12-13H2,(H2,19,20,21). The highest BCUT2D eigenvalue weighted by atomic mass is 16.5. The topological polar surface area (TPSA) is 50.4 Å². The molecule has 1 aliphatic heterocycles. The quantitative estimate of drug-likeness (QED) is 0.835. The number of rotatable bonds is 2. The molecule has 0 aliphatic carbocycles. The second-order valence-corrected chi connectivity index (χ2v) is 4.90. The number of amides is 2. The van der Waals surface area contributed by atoms with Gasteiger partial charge in [-0.3, -0.25) is 0 Å². The normalized spacial score (nSPS) is 15.0. The Morgan fingerprint density at radius 2 is 1.91 bits per heavy atom. The zero-order valence-corrected chi connectivity index (χ0v) is 12.0. The fourth-order valence-corrected chi connectivity index (χ4v) is 2.28. The minimum atomic E-state index is -0.243. The van der Waals surface area contributed by atoms with Gasteiger partial charge < -0.3 is 15.4 Å². The first-order valence-corrected chi connectivity index (χ1v) is 7.13. The molecule has 4 nitrogen and oxygen atoms in total. The molecular weight excluding hydrogens is 276 g/mol. The summed E-state index contributed by atoms with van der Waals surface area (Å²) in [4.78, 5) is 11.9. The molecule has 2 N–H and O–H groups in total. The Morgan fingerprint density at radius 3 is 2.77 bits per heavy atom. The number of urea groups is 1. The van der Waals surface area contributed by atoms with Crippen LogP contribution in [0, 0.1) is 11.8 Å². The Kier molecular flexibility index (Phi) is 4.26. The summed E-state index contributed by atoms with van der Waals surface area (Å²) in [6, 6.07) is 17.0. The van der Waals surface area contributed by atoms with Crippen LogP contribution >= 0.6 is 0 Å². The van der Waals surface area contributed by atoms with Crippen molar-refractivity contribution in [1.82, 2.24) is 10.6 Å². The molecule has 3 rings (SSSR count). The highest BCUT2D eigenvalue weighted by Crippen LogP contribution is 2.31. The molecule has 110 valence electrons. The summed E-state index contributed by atoms with van der Waals surface area (Å²) in [5, 5.41) is 5.62. The first-order valence-electron chi connectivity index (χ1n) is 7.13. The third-order valence-electron chi connectivity index (χ3n) is 3.35. The maximum absolute atomic E-state index is 11.9. The molecule has 22 heavy (non-hydrogen) atoms. The molecular formula is C18H16N2O2. The number of ether oxygens (including phenoxy) is 1. The maximum atomic E-state index is 11.9. The van der Waals surface area contributed by atoms with E-state index in [9.17, 15) is 4.79 Å². The average molecular weight is 292 g/mol. The molecule has 2 aromatic rings. The highest BCUT2D eigenvalue weighted by molar-refractivity contribution is 5.75. The van der Waals surface area contributed by atoms with Gasteiger partial charge in [0, 0.05) is 11.1 Å². The van der Waals surface area contributed by atoms with Gasteiger partial charge >= 0.3 is 6.03 Å². The Morgan fingerprint density at radius 1 is 1.14 bits per heavy atom. The number of nitrogens with one attached hydrogen (secondary N) is 2. The van der Waals surface area contributed by atoms with Crippen molar-refractivity contribution in [2.24, 2.45) is 0 Å². The first-order chi connectivity index (χ1) is 10.8. The molecule has 0 aromatic heterocycles. The van der Waals surface area contributed by atoms with Gasteiger partial charge in [0.2, 0.25) is 0 Å². The van der Waals surface area contributed by atoms with Gasteiger partial charge in [0.25, 0.3) is 0 Å². The second kappa shape index (κ2) is 6.68. The van der Waals surface area contributed by atoms with Crippen LogP contribution in [0.15, 0.2) is 54.6 Å². The van der Waals surface area contributed by atoms with E-state index in [4.69, 9.17) is 4.74 Å². The molecule has 1 heterocycles. The van der Waals surface area contributed by atoms with Crippen LogP contribution in [-0.2, 0) is 0 Å². The van der Waals surface area contributed by atoms with Crippen molar-refractivity contribution in [1.29, 1.82) is 0 Å². The lowest BCUT2D eigenvalue weighted by Gasteiger charge is -2.11. The first kappa shape index (κ1) is 14.0. The molecule has 1 atom stereocenters. The molecule has 2 aromatic carbocycles. The van der Waals surface area contributed by atoms with Crippen molar-refractivity contribution in [2.75, 3.05) is 13.2 Å². The molecule has 0 radical (unpaired) electrons. The number of carbonyl (C=O) groups is 1. The van der Waals surface area contributed by atoms with Gasteiger partial charge in [0.05, 0.1) is 12.6 Å². The highest BCUT2D eigenvalue weighted by Gasteiger charge is 2.24. The van der Waals surface area contributed by atoms with E-state index in [1.165, 1.54) is 0 Å². The fourth-order valence-electron chi connectivity index (χ4n) is 2.28. The molecule has 1 unspecified atom stereocenters. The number of hydrogen-bond donors (Lipinski definition) is 2. The summed E-state index contributed by atoms with van der Waals surface area (Å²) in [7, 11) is 0. The van der Waals surface area contributed by atoms with Crippen molar-refractivity contribution in [3.8, 4) is 17.6 Å². The summed E-state index contributed by atoms with van der Waals surface area (Å²) in [6.45, 7) is 0.762.